The second-order valence-electron chi connectivity index (χ2n) is 4.85. The van der Waals surface area contributed by atoms with Crippen LogP contribution in [0.4, 0.5) is 0 Å². The summed E-state index contributed by atoms with van der Waals surface area (Å²) in [4.78, 5) is 0. The molecule has 0 saturated carbocycles. The molecule has 1 rings (SSSR count). The molecular formula is C11H24N2O3S. The zero-order chi connectivity index (χ0) is 12.9. The van der Waals surface area contributed by atoms with Gasteiger partial charge >= 0.3 is 0 Å². The Balaban J connectivity index is 2.43. The van der Waals surface area contributed by atoms with Crippen molar-refractivity contribution in [1.82, 2.24) is 10.0 Å². The molecule has 1 aliphatic heterocycles. The fourth-order valence-corrected chi connectivity index (χ4v) is 3.38. The maximum atomic E-state index is 11.9. The summed E-state index contributed by atoms with van der Waals surface area (Å²) in [7, 11) is -3.23. The molecule has 5 nitrogen and oxygen atoms in total. The molecule has 0 radical (unpaired) electrons. The smallest absolute Gasteiger partial charge is 0.213 e. The van der Waals surface area contributed by atoms with Crippen LogP contribution < -0.4 is 10.0 Å². The van der Waals surface area contributed by atoms with Gasteiger partial charge in [-0.15, -0.1) is 0 Å². The van der Waals surface area contributed by atoms with Gasteiger partial charge in [0.2, 0.25) is 10.0 Å². The van der Waals surface area contributed by atoms with Gasteiger partial charge in [0.15, 0.2) is 0 Å². The molecule has 17 heavy (non-hydrogen) atoms. The summed E-state index contributed by atoms with van der Waals surface area (Å²) < 4.78 is 32.0. The lowest BCUT2D eigenvalue weighted by Crippen LogP contribution is -2.51. The molecule has 1 aliphatic rings. The van der Waals surface area contributed by atoms with Crippen molar-refractivity contribution in [2.45, 2.75) is 45.3 Å². The van der Waals surface area contributed by atoms with E-state index in [1.165, 1.54) is 0 Å². The lowest BCUT2D eigenvalue weighted by molar-refractivity contribution is 0.0957. The van der Waals surface area contributed by atoms with Gasteiger partial charge in [0, 0.05) is 13.2 Å². The number of rotatable bonds is 7. The van der Waals surface area contributed by atoms with Gasteiger partial charge in [-0.05, 0) is 33.2 Å². The van der Waals surface area contributed by atoms with Crippen molar-refractivity contribution in [1.29, 1.82) is 0 Å². The van der Waals surface area contributed by atoms with Gasteiger partial charge in [-0.25, -0.2) is 13.1 Å². The second-order valence-corrected chi connectivity index (χ2v) is 6.69. The van der Waals surface area contributed by atoms with Gasteiger partial charge in [0.05, 0.1) is 17.4 Å². The van der Waals surface area contributed by atoms with Gasteiger partial charge in [-0.3, -0.25) is 0 Å². The minimum absolute atomic E-state index is 0.0686. The third-order valence-electron chi connectivity index (χ3n) is 3.25. The lowest BCUT2D eigenvalue weighted by atomic mass is 9.97. The van der Waals surface area contributed by atoms with Crippen LogP contribution in [0.2, 0.25) is 0 Å². The number of nitrogens with one attached hydrogen (secondary N) is 2. The zero-order valence-electron chi connectivity index (χ0n) is 11.0. The summed E-state index contributed by atoms with van der Waals surface area (Å²) in [5.41, 5.74) is -0.455. The van der Waals surface area contributed by atoms with Gasteiger partial charge in [-0.1, -0.05) is 6.92 Å². The van der Waals surface area contributed by atoms with E-state index in [4.69, 9.17) is 4.74 Å². The Kier molecular flexibility index (Phi) is 5.37. The molecule has 1 fully saturated rings. The predicted molar refractivity (Wildman–Crippen MR) is 68.5 cm³/mol. The quantitative estimate of drug-likeness (QED) is 0.656. The van der Waals surface area contributed by atoms with E-state index in [-0.39, 0.29) is 11.9 Å². The maximum absolute atomic E-state index is 11.9. The average Bonchev–Trinajstić information content (AvgIpc) is 2.53. The van der Waals surface area contributed by atoms with E-state index in [1.807, 2.05) is 13.8 Å². The summed E-state index contributed by atoms with van der Waals surface area (Å²) in [5, 5.41) is 3.09. The van der Waals surface area contributed by atoms with Crippen LogP contribution in [0.15, 0.2) is 0 Å². The van der Waals surface area contributed by atoms with E-state index in [2.05, 4.69) is 17.0 Å². The first-order chi connectivity index (χ1) is 7.90. The van der Waals surface area contributed by atoms with Crippen LogP contribution in [0.25, 0.3) is 0 Å². The second kappa shape index (κ2) is 6.13. The SMILES string of the molecule is CCCNCCS(=O)(=O)NC1(C)CCOC1C. The molecule has 2 N–H and O–H groups in total. The summed E-state index contributed by atoms with van der Waals surface area (Å²) in [6, 6.07) is 0. The molecule has 0 amide bonds. The largest absolute Gasteiger partial charge is 0.376 e. The first kappa shape index (κ1) is 14.9. The number of ether oxygens (including phenoxy) is 1. The molecule has 0 aromatic carbocycles. The molecular weight excluding hydrogens is 240 g/mol. The topological polar surface area (TPSA) is 67.4 Å². The van der Waals surface area contributed by atoms with Crippen molar-refractivity contribution in [2.75, 3.05) is 25.4 Å². The van der Waals surface area contributed by atoms with Crippen LogP contribution in [0.3, 0.4) is 0 Å². The third-order valence-corrected chi connectivity index (χ3v) is 4.77. The fraction of sp³-hybridized carbons (Fsp3) is 1.00. The van der Waals surface area contributed by atoms with Crippen LogP contribution in [-0.2, 0) is 14.8 Å². The van der Waals surface area contributed by atoms with E-state index in [0.717, 1.165) is 19.4 Å². The van der Waals surface area contributed by atoms with E-state index in [1.54, 1.807) is 0 Å². The van der Waals surface area contributed by atoms with Gasteiger partial charge < -0.3 is 10.1 Å². The molecule has 2 atom stereocenters. The molecule has 1 saturated heterocycles. The van der Waals surface area contributed by atoms with Gasteiger partial charge in [0.25, 0.3) is 0 Å². The standard InChI is InChI=1S/C11H24N2O3S/c1-4-6-12-7-9-17(14,15)13-11(3)5-8-16-10(11)2/h10,12-13H,4-9H2,1-3H3. The predicted octanol–water partition coefficient (Wildman–Crippen LogP) is 0.473. The molecule has 0 spiro atoms. The summed E-state index contributed by atoms with van der Waals surface area (Å²) in [5.74, 6) is 0.120. The number of hydrogen-bond acceptors (Lipinski definition) is 4. The van der Waals surface area contributed by atoms with Crippen LogP contribution in [0.5, 0.6) is 0 Å². The van der Waals surface area contributed by atoms with Crippen molar-refractivity contribution in [3.8, 4) is 0 Å². The molecule has 0 aromatic rings. The van der Waals surface area contributed by atoms with Crippen molar-refractivity contribution < 1.29 is 13.2 Å². The summed E-state index contributed by atoms with van der Waals surface area (Å²) in [6.07, 6.45) is 1.67. The highest BCUT2D eigenvalue weighted by atomic mass is 32.2. The zero-order valence-corrected chi connectivity index (χ0v) is 11.8. The first-order valence-corrected chi connectivity index (χ1v) is 7.89. The first-order valence-electron chi connectivity index (χ1n) is 6.23. The normalized spacial score (nSPS) is 29.7. The average molecular weight is 264 g/mol. The Labute approximate surface area is 104 Å². The van der Waals surface area contributed by atoms with Crippen molar-refractivity contribution in [2.24, 2.45) is 0 Å². The van der Waals surface area contributed by atoms with E-state index in [0.29, 0.717) is 13.2 Å². The fourth-order valence-electron chi connectivity index (χ4n) is 1.88. The minimum atomic E-state index is -3.23. The Hall–Kier alpha value is -0.170. The number of sulfonamides is 1. The van der Waals surface area contributed by atoms with Gasteiger partial charge in [0.1, 0.15) is 0 Å². The van der Waals surface area contributed by atoms with E-state index < -0.39 is 15.6 Å². The van der Waals surface area contributed by atoms with Crippen molar-refractivity contribution >= 4 is 10.0 Å². The van der Waals surface area contributed by atoms with Crippen LogP contribution >= 0.6 is 0 Å². The molecule has 0 aliphatic carbocycles. The van der Waals surface area contributed by atoms with Crippen LogP contribution in [0, 0.1) is 0 Å². The summed E-state index contributed by atoms with van der Waals surface area (Å²) in [6.45, 7) is 7.83. The lowest BCUT2D eigenvalue weighted by Gasteiger charge is -2.28. The molecule has 6 heteroatoms. The van der Waals surface area contributed by atoms with Gasteiger partial charge in [-0.2, -0.15) is 0 Å². The monoisotopic (exact) mass is 264 g/mol. The molecule has 102 valence electrons. The Bertz CT molecular complexity index is 332. The molecule has 0 bridgehead atoms. The number of hydrogen-bond donors (Lipinski definition) is 2. The van der Waals surface area contributed by atoms with Crippen LogP contribution in [0.1, 0.15) is 33.6 Å². The van der Waals surface area contributed by atoms with Crippen LogP contribution in [-0.4, -0.2) is 45.5 Å². The van der Waals surface area contributed by atoms with Crippen molar-refractivity contribution in [3.63, 3.8) is 0 Å². The Morgan fingerprint density at radius 1 is 1.41 bits per heavy atom. The van der Waals surface area contributed by atoms with Crippen molar-refractivity contribution in [3.05, 3.63) is 0 Å². The van der Waals surface area contributed by atoms with E-state index in [9.17, 15) is 8.42 Å². The highest BCUT2D eigenvalue weighted by Crippen LogP contribution is 2.25. The highest BCUT2D eigenvalue weighted by Gasteiger charge is 2.39. The molecule has 1 heterocycles. The Morgan fingerprint density at radius 3 is 2.65 bits per heavy atom. The molecule has 2 unspecified atom stereocenters. The molecule has 0 aromatic heterocycles. The van der Waals surface area contributed by atoms with E-state index >= 15 is 0 Å². The summed E-state index contributed by atoms with van der Waals surface area (Å²) >= 11 is 0. The highest BCUT2D eigenvalue weighted by molar-refractivity contribution is 7.89. The minimum Gasteiger partial charge on any atom is -0.376 e. The third kappa shape index (κ3) is 4.54. The Morgan fingerprint density at radius 2 is 2.12 bits per heavy atom. The maximum Gasteiger partial charge on any atom is 0.213 e.